The quantitative estimate of drug-likeness (QED) is 0.800. The molecular weight excluding hydrogens is 306 g/mol. The van der Waals surface area contributed by atoms with Gasteiger partial charge in [0.1, 0.15) is 0 Å². The molecule has 0 aliphatic carbocycles. The van der Waals surface area contributed by atoms with Crippen LogP contribution >= 0.6 is 0 Å². The van der Waals surface area contributed by atoms with Crippen LogP contribution < -0.4 is 5.32 Å². The van der Waals surface area contributed by atoms with Crippen LogP contribution in [0.25, 0.3) is 0 Å². The third kappa shape index (κ3) is 4.49. The highest BCUT2D eigenvalue weighted by Crippen LogP contribution is 2.17. The van der Waals surface area contributed by atoms with E-state index in [0.717, 1.165) is 43.6 Å². The smallest absolute Gasteiger partial charge is 0.319 e. The zero-order valence-electron chi connectivity index (χ0n) is 15.2. The molecule has 0 aromatic carbocycles. The number of hydrogen-bond donors (Lipinski definition) is 2. The fraction of sp³-hybridized carbons (Fsp3) is 0.706. The second-order valence-corrected chi connectivity index (χ2v) is 6.77. The van der Waals surface area contributed by atoms with Crippen molar-refractivity contribution in [1.82, 2.24) is 25.3 Å². The van der Waals surface area contributed by atoms with Gasteiger partial charge in [-0.2, -0.15) is 5.10 Å². The van der Waals surface area contributed by atoms with Crippen molar-refractivity contribution in [2.24, 2.45) is 5.92 Å². The van der Waals surface area contributed by atoms with Crippen molar-refractivity contribution >= 4 is 11.9 Å². The van der Waals surface area contributed by atoms with Crippen LogP contribution in [0.3, 0.4) is 0 Å². The van der Waals surface area contributed by atoms with E-state index in [0.29, 0.717) is 13.1 Å². The van der Waals surface area contributed by atoms with Gasteiger partial charge in [0.25, 0.3) is 0 Å². The molecule has 1 aliphatic rings. The molecule has 7 heteroatoms. The van der Waals surface area contributed by atoms with Gasteiger partial charge in [0.2, 0.25) is 5.91 Å². The lowest BCUT2D eigenvalue weighted by Crippen LogP contribution is -2.48. The number of carbonyl (C=O) groups is 2. The SMILES string of the molecule is Cc1n[nH]c(C)c1CCCNC(=O)[C@@H]1CCCN(C(=O)N(C)C)C1. The Kier molecular flexibility index (Phi) is 6.23. The zero-order chi connectivity index (χ0) is 17.7. The van der Waals surface area contributed by atoms with E-state index in [9.17, 15) is 9.59 Å². The summed E-state index contributed by atoms with van der Waals surface area (Å²) in [6, 6.07) is -0.0154. The molecule has 0 bridgehead atoms. The molecule has 0 saturated carbocycles. The predicted molar refractivity (Wildman–Crippen MR) is 92.8 cm³/mol. The molecule has 24 heavy (non-hydrogen) atoms. The highest BCUT2D eigenvalue weighted by molar-refractivity contribution is 5.80. The monoisotopic (exact) mass is 335 g/mol. The summed E-state index contributed by atoms with van der Waals surface area (Å²) in [7, 11) is 3.48. The first-order valence-corrected chi connectivity index (χ1v) is 8.64. The molecule has 1 atom stereocenters. The van der Waals surface area contributed by atoms with E-state index in [1.54, 1.807) is 23.9 Å². The van der Waals surface area contributed by atoms with Crippen LogP contribution in [0.2, 0.25) is 0 Å². The highest BCUT2D eigenvalue weighted by atomic mass is 16.2. The Balaban J connectivity index is 1.75. The normalized spacial score (nSPS) is 17.7. The van der Waals surface area contributed by atoms with Crippen LogP contribution in [-0.4, -0.2) is 65.7 Å². The van der Waals surface area contributed by atoms with Gasteiger partial charge in [0.15, 0.2) is 0 Å². The Labute approximate surface area is 143 Å². The lowest BCUT2D eigenvalue weighted by atomic mass is 9.97. The van der Waals surface area contributed by atoms with Crippen molar-refractivity contribution < 1.29 is 9.59 Å². The Morgan fingerprint density at radius 2 is 2.12 bits per heavy atom. The van der Waals surface area contributed by atoms with Gasteiger partial charge in [-0.1, -0.05) is 0 Å². The first kappa shape index (κ1) is 18.3. The molecule has 1 fully saturated rings. The minimum atomic E-state index is -0.0972. The Morgan fingerprint density at radius 1 is 1.38 bits per heavy atom. The van der Waals surface area contributed by atoms with Crippen molar-refractivity contribution in [2.75, 3.05) is 33.7 Å². The summed E-state index contributed by atoms with van der Waals surface area (Å²) in [6.07, 6.45) is 3.53. The number of aromatic nitrogens is 2. The summed E-state index contributed by atoms with van der Waals surface area (Å²) >= 11 is 0. The van der Waals surface area contributed by atoms with E-state index in [4.69, 9.17) is 0 Å². The number of carbonyl (C=O) groups excluding carboxylic acids is 2. The minimum absolute atomic E-state index is 0.0154. The van der Waals surface area contributed by atoms with Gasteiger partial charge >= 0.3 is 6.03 Å². The van der Waals surface area contributed by atoms with Gasteiger partial charge in [-0.05, 0) is 45.1 Å². The molecule has 7 nitrogen and oxygen atoms in total. The largest absolute Gasteiger partial charge is 0.356 e. The van der Waals surface area contributed by atoms with Crippen LogP contribution in [0.1, 0.15) is 36.2 Å². The molecule has 1 aliphatic heterocycles. The number of nitrogens with one attached hydrogen (secondary N) is 2. The van der Waals surface area contributed by atoms with Crippen molar-refractivity contribution in [3.8, 4) is 0 Å². The lowest BCUT2D eigenvalue weighted by Gasteiger charge is -2.33. The Bertz CT molecular complexity index is 562. The number of amides is 3. The molecular formula is C17H29N5O2. The maximum absolute atomic E-state index is 12.4. The molecule has 0 unspecified atom stereocenters. The molecule has 2 N–H and O–H groups in total. The average molecular weight is 335 g/mol. The van der Waals surface area contributed by atoms with Gasteiger partial charge < -0.3 is 15.1 Å². The number of hydrogen-bond acceptors (Lipinski definition) is 3. The Hall–Kier alpha value is -2.05. The van der Waals surface area contributed by atoms with E-state index in [2.05, 4.69) is 15.5 Å². The average Bonchev–Trinajstić information content (AvgIpc) is 2.89. The summed E-state index contributed by atoms with van der Waals surface area (Å²) in [5, 5.41) is 10.2. The topological polar surface area (TPSA) is 81.3 Å². The number of likely N-dealkylation sites (tertiary alicyclic amines) is 1. The molecule has 2 rings (SSSR count). The van der Waals surface area contributed by atoms with Crippen molar-refractivity contribution in [3.63, 3.8) is 0 Å². The van der Waals surface area contributed by atoms with Crippen LogP contribution in [0, 0.1) is 19.8 Å². The molecule has 1 saturated heterocycles. The predicted octanol–water partition coefficient (Wildman–Crippen LogP) is 1.47. The fourth-order valence-corrected chi connectivity index (χ4v) is 3.21. The second kappa shape index (κ2) is 8.17. The van der Waals surface area contributed by atoms with E-state index in [-0.39, 0.29) is 17.9 Å². The van der Waals surface area contributed by atoms with Crippen LogP contribution in [0.4, 0.5) is 4.79 Å². The molecule has 0 radical (unpaired) electrons. The van der Waals surface area contributed by atoms with E-state index >= 15 is 0 Å². The summed E-state index contributed by atoms with van der Waals surface area (Å²) in [5.74, 6) is -0.0352. The van der Waals surface area contributed by atoms with Gasteiger partial charge in [-0.15, -0.1) is 0 Å². The van der Waals surface area contributed by atoms with Gasteiger partial charge in [-0.3, -0.25) is 9.89 Å². The summed E-state index contributed by atoms with van der Waals surface area (Å²) in [4.78, 5) is 27.7. The minimum Gasteiger partial charge on any atom is -0.356 e. The first-order valence-electron chi connectivity index (χ1n) is 8.64. The molecule has 3 amide bonds. The number of aryl methyl sites for hydroxylation is 2. The summed E-state index contributed by atoms with van der Waals surface area (Å²) in [5.41, 5.74) is 3.37. The standard InChI is InChI=1S/C17H29N5O2/c1-12-15(13(2)20-19-12)8-5-9-18-16(23)14-7-6-10-22(11-14)17(24)21(3)4/h14H,5-11H2,1-4H3,(H,18,23)(H,19,20)/t14-/m1/s1. The van der Waals surface area contributed by atoms with Crippen molar-refractivity contribution in [1.29, 1.82) is 0 Å². The number of H-pyrrole nitrogens is 1. The van der Waals surface area contributed by atoms with Gasteiger partial charge in [0.05, 0.1) is 11.6 Å². The first-order chi connectivity index (χ1) is 11.4. The Morgan fingerprint density at radius 3 is 2.75 bits per heavy atom. The molecule has 1 aromatic rings. The van der Waals surface area contributed by atoms with E-state index in [1.165, 1.54) is 5.56 Å². The van der Waals surface area contributed by atoms with Crippen LogP contribution in [0.5, 0.6) is 0 Å². The molecule has 1 aromatic heterocycles. The third-order valence-electron chi connectivity index (χ3n) is 4.63. The zero-order valence-corrected chi connectivity index (χ0v) is 15.2. The maximum atomic E-state index is 12.4. The lowest BCUT2D eigenvalue weighted by molar-refractivity contribution is -0.126. The van der Waals surface area contributed by atoms with Crippen molar-refractivity contribution in [3.05, 3.63) is 17.0 Å². The molecule has 0 spiro atoms. The summed E-state index contributed by atoms with van der Waals surface area (Å²) in [6.45, 7) is 5.92. The number of urea groups is 1. The van der Waals surface area contributed by atoms with Crippen molar-refractivity contribution in [2.45, 2.75) is 39.5 Å². The van der Waals surface area contributed by atoms with E-state index < -0.39 is 0 Å². The summed E-state index contributed by atoms with van der Waals surface area (Å²) < 4.78 is 0. The molecule has 2 heterocycles. The maximum Gasteiger partial charge on any atom is 0.319 e. The van der Waals surface area contributed by atoms with E-state index in [1.807, 2.05) is 13.8 Å². The highest BCUT2D eigenvalue weighted by Gasteiger charge is 2.28. The number of nitrogens with zero attached hydrogens (tertiary/aromatic N) is 3. The van der Waals surface area contributed by atoms with Gasteiger partial charge in [-0.25, -0.2) is 4.79 Å². The second-order valence-electron chi connectivity index (χ2n) is 6.77. The fourth-order valence-electron chi connectivity index (χ4n) is 3.21. The number of aromatic amines is 1. The third-order valence-corrected chi connectivity index (χ3v) is 4.63. The molecule has 134 valence electrons. The van der Waals surface area contributed by atoms with Crippen LogP contribution in [-0.2, 0) is 11.2 Å². The van der Waals surface area contributed by atoms with Gasteiger partial charge in [0, 0.05) is 39.4 Å². The number of piperidine rings is 1. The van der Waals surface area contributed by atoms with Crippen LogP contribution in [0.15, 0.2) is 0 Å². The number of rotatable bonds is 5.